The average Bonchev–Trinajstić information content (AvgIpc) is 3.30. The first-order valence-corrected chi connectivity index (χ1v) is 25.9. The summed E-state index contributed by atoms with van der Waals surface area (Å²) in [6.45, 7) is 17.8. The van der Waals surface area contributed by atoms with Gasteiger partial charge in [-0.05, 0) is 110 Å². The summed E-state index contributed by atoms with van der Waals surface area (Å²) in [5.41, 5.74) is -0.845. The van der Waals surface area contributed by atoms with Gasteiger partial charge in [-0.1, -0.05) is 66.2 Å². The number of aliphatic hydroxyl groups excluding tert-OH is 11. The Hall–Kier alpha value is -1.73. The molecule has 406 valence electrons. The van der Waals surface area contributed by atoms with Gasteiger partial charge in [0, 0.05) is 5.57 Å². The molecule has 0 aromatic heterocycles. The first-order chi connectivity index (χ1) is 33.1. The van der Waals surface area contributed by atoms with Crippen molar-refractivity contribution in [1.82, 2.24) is 0 Å². The Bertz CT molecular complexity index is 1980. The molecule has 24 unspecified atom stereocenters. The molecule has 8 rings (SSSR count). The van der Waals surface area contributed by atoms with Crippen LogP contribution in [0.4, 0.5) is 0 Å². The van der Waals surface area contributed by atoms with Crippen LogP contribution in [0.5, 0.6) is 0 Å². The van der Waals surface area contributed by atoms with Crippen molar-refractivity contribution < 1.29 is 94.1 Å². The van der Waals surface area contributed by atoms with E-state index in [2.05, 4.69) is 54.5 Å². The van der Waals surface area contributed by atoms with Gasteiger partial charge in [0.1, 0.15) is 73.8 Å². The molecule has 24 atom stereocenters. The molecule has 0 aromatic rings. The Labute approximate surface area is 417 Å². The lowest BCUT2D eigenvalue weighted by molar-refractivity contribution is -0.348. The zero-order valence-corrected chi connectivity index (χ0v) is 42.9. The van der Waals surface area contributed by atoms with E-state index >= 15 is 0 Å². The molecule has 19 nitrogen and oxygen atoms in total. The lowest BCUT2D eigenvalue weighted by atomic mass is 9.33. The molecule has 5 aliphatic carbocycles. The number of carbonyl (C=O) groups excluding carboxylic acids is 1. The van der Waals surface area contributed by atoms with Crippen molar-refractivity contribution in [2.24, 2.45) is 50.2 Å². The van der Waals surface area contributed by atoms with Crippen molar-refractivity contribution in [2.45, 2.75) is 218 Å². The molecule has 11 N–H and O–H groups in total. The lowest BCUT2D eigenvalue weighted by Gasteiger charge is -2.72. The van der Waals surface area contributed by atoms with E-state index in [-0.39, 0.29) is 47.2 Å². The zero-order chi connectivity index (χ0) is 52.1. The van der Waals surface area contributed by atoms with Crippen molar-refractivity contribution in [3.8, 4) is 0 Å². The fourth-order valence-electron chi connectivity index (χ4n) is 15.4. The van der Waals surface area contributed by atoms with E-state index in [1.54, 1.807) is 19.9 Å². The SMILES string of the molecule is CC=C(C)C(=O)OCC12C(O)CC(C)(C)CC1C1=CCC3C4(C)CCC(OC5OC(COC6OC(COC7OCC(O)C(O)C7O)C(O)C(O)C6O)C(O)C(O)C5O)C(C)(C)C4CCC3(C)C1(C)CC2O. The maximum absolute atomic E-state index is 13.0. The molecule has 19 heteroatoms. The van der Waals surface area contributed by atoms with E-state index < -0.39 is 140 Å². The highest BCUT2D eigenvalue weighted by Crippen LogP contribution is 2.76. The fraction of sp³-hybridized carbons (Fsp3) is 0.904. The summed E-state index contributed by atoms with van der Waals surface area (Å²) in [5, 5.41) is 120. The summed E-state index contributed by atoms with van der Waals surface area (Å²) in [5.74, 6) is -0.292. The number of fused-ring (bicyclic) bond motifs is 7. The van der Waals surface area contributed by atoms with Gasteiger partial charge in [-0.3, -0.25) is 0 Å². The van der Waals surface area contributed by atoms with E-state index in [1.165, 1.54) is 5.57 Å². The van der Waals surface area contributed by atoms with Gasteiger partial charge in [-0.25, -0.2) is 4.79 Å². The highest BCUT2D eigenvalue weighted by atomic mass is 16.7. The van der Waals surface area contributed by atoms with Crippen molar-refractivity contribution in [2.75, 3.05) is 26.4 Å². The molecule has 71 heavy (non-hydrogen) atoms. The molecule has 3 aliphatic heterocycles. The van der Waals surface area contributed by atoms with Crippen LogP contribution in [0.2, 0.25) is 0 Å². The Morgan fingerprint density at radius 2 is 1.27 bits per heavy atom. The van der Waals surface area contributed by atoms with E-state index in [9.17, 15) is 61.0 Å². The molecular formula is C52H84O19. The van der Waals surface area contributed by atoms with Gasteiger partial charge in [-0.15, -0.1) is 0 Å². The smallest absolute Gasteiger partial charge is 0.333 e. The number of allylic oxidation sites excluding steroid dienone is 3. The number of esters is 1. The average molecular weight is 1010 g/mol. The number of hydrogen-bond acceptors (Lipinski definition) is 19. The van der Waals surface area contributed by atoms with Crippen molar-refractivity contribution in [1.29, 1.82) is 0 Å². The second kappa shape index (κ2) is 20.0. The quantitative estimate of drug-likeness (QED) is 0.0588. The van der Waals surface area contributed by atoms with Gasteiger partial charge in [0.2, 0.25) is 0 Å². The van der Waals surface area contributed by atoms with E-state index in [1.807, 2.05) is 0 Å². The Kier molecular flexibility index (Phi) is 15.6. The van der Waals surface area contributed by atoms with E-state index in [4.69, 9.17) is 33.2 Å². The van der Waals surface area contributed by atoms with Crippen LogP contribution in [0, 0.1) is 50.2 Å². The van der Waals surface area contributed by atoms with Crippen molar-refractivity contribution in [3.05, 3.63) is 23.3 Å². The molecule has 0 amide bonds. The van der Waals surface area contributed by atoms with Crippen molar-refractivity contribution >= 4 is 5.97 Å². The number of aliphatic hydroxyl groups is 11. The first-order valence-electron chi connectivity index (χ1n) is 25.9. The van der Waals surface area contributed by atoms with E-state index in [0.717, 1.165) is 32.1 Å². The second-order valence-electron chi connectivity index (χ2n) is 24.7. The van der Waals surface area contributed by atoms with Crippen LogP contribution in [-0.2, 0) is 38.0 Å². The molecule has 0 radical (unpaired) electrons. The summed E-state index contributed by atoms with van der Waals surface area (Å²) in [6.07, 6.45) is -14.5. The van der Waals surface area contributed by atoms with Crippen LogP contribution in [0.25, 0.3) is 0 Å². The van der Waals surface area contributed by atoms with Gasteiger partial charge < -0.3 is 89.3 Å². The third kappa shape index (κ3) is 9.23. The number of carbonyl (C=O) groups is 1. The van der Waals surface area contributed by atoms with Crippen LogP contribution in [0.1, 0.15) is 114 Å². The van der Waals surface area contributed by atoms with Gasteiger partial charge in [0.05, 0.1) is 43.5 Å². The number of rotatable bonds is 11. The predicted octanol–water partition coefficient (Wildman–Crippen LogP) is 0.712. The third-order valence-corrected chi connectivity index (χ3v) is 20.0. The van der Waals surface area contributed by atoms with Gasteiger partial charge in [0.15, 0.2) is 18.9 Å². The number of hydrogen-bond donors (Lipinski definition) is 11. The molecule has 7 fully saturated rings. The largest absolute Gasteiger partial charge is 0.462 e. The zero-order valence-electron chi connectivity index (χ0n) is 42.9. The lowest BCUT2D eigenvalue weighted by Crippen LogP contribution is -2.69. The van der Waals surface area contributed by atoms with Crippen LogP contribution in [0.3, 0.4) is 0 Å². The molecule has 0 bridgehead atoms. The third-order valence-electron chi connectivity index (χ3n) is 20.0. The normalized spacial score (nSPS) is 51.7. The molecule has 3 heterocycles. The number of ether oxygens (including phenoxy) is 7. The minimum atomic E-state index is -1.79. The highest BCUT2D eigenvalue weighted by Gasteiger charge is 2.72. The molecule has 8 aliphatic rings. The van der Waals surface area contributed by atoms with Gasteiger partial charge in [0.25, 0.3) is 0 Å². The van der Waals surface area contributed by atoms with Gasteiger partial charge >= 0.3 is 5.97 Å². The summed E-state index contributed by atoms with van der Waals surface area (Å²) < 4.78 is 41.1. The van der Waals surface area contributed by atoms with Crippen LogP contribution in [0.15, 0.2) is 23.3 Å². The minimum Gasteiger partial charge on any atom is -0.462 e. The fourth-order valence-corrected chi connectivity index (χ4v) is 15.4. The van der Waals surface area contributed by atoms with E-state index in [0.29, 0.717) is 24.8 Å². The topological polar surface area (TPSA) is 304 Å². The first kappa shape index (κ1) is 55.5. The molecule has 0 spiro atoms. The second-order valence-corrected chi connectivity index (χ2v) is 24.7. The maximum atomic E-state index is 13.0. The summed E-state index contributed by atoms with van der Waals surface area (Å²) in [7, 11) is 0. The monoisotopic (exact) mass is 1010 g/mol. The van der Waals surface area contributed by atoms with Gasteiger partial charge in [-0.2, -0.15) is 0 Å². The Balaban J connectivity index is 0.956. The van der Waals surface area contributed by atoms with Crippen LogP contribution < -0.4 is 0 Å². The van der Waals surface area contributed by atoms with Crippen LogP contribution in [-0.4, -0.2) is 193 Å². The molecule has 3 saturated heterocycles. The minimum absolute atomic E-state index is 0.0684. The molecule has 0 aromatic carbocycles. The Morgan fingerprint density at radius 1 is 0.690 bits per heavy atom. The summed E-state index contributed by atoms with van der Waals surface area (Å²) >= 11 is 0. The predicted molar refractivity (Wildman–Crippen MR) is 250 cm³/mol. The maximum Gasteiger partial charge on any atom is 0.333 e. The summed E-state index contributed by atoms with van der Waals surface area (Å²) in [4.78, 5) is 13.0. The van der Waals surface area contributed by atoms with Crippen LogP contribution >= 0.6 is 0 Å². The van der Waals surface area contributed by atoms with Crippen molar-refractivity contribution in [3.63, 3.8) is 0 Å². The standard InChI is InChI=1S/C52H84O19/c1-10-24(2)43(64)68-23-52-26(17-47(3,4)18-32(52)54)25-11-12-31-49(7)15-14-34(48(5,6)30(49)13-16-50(31,8)51(25,9)19-33(52)55)71-46-42(63)39(60)37(58)29(70-46)22-67-45-41(62)38(59)36(57)28(69-45)21-66-44-40(61)35(56)27(53)20-65-44/h10-11,26-42,44-46,53-63H,12-23H2,1-9H3. The molecule has 4 saturated carbocycles. The highest BCUT2D eigenvalue weighted by molar-refractivity contribution is 5.87. The molecular weight excluding hydrogens is 929 g/mol. The summed E-state index contributed by atoms with van der Waals surface area (Å²) in [6, 6.07) is 0. The Morgan fingerprint density at radius 3 is 1.90 bits per heavy atom.